The van der Waals surface area contributed by atoms with Gasteiger partial charge < -0.3 is 14.4 Å². The van der Waals surface area contributed by atoms with Crippen LogP contribution in [0.1, 0.15) is 88.3 Å². The van der Waals surface area contributed by atoms with Crippen LogP contribution >= 0.6 is 0 Å². The summed E-state index contributed by atoms with van der Waals surface area (Å²) in [7, 11) is 0. The molecule has 0 N–H and O–H groups in total. The number of pyridine rings is 1. The van der Waals surface area contributed by atoms with Gasteiger partial charge in [0.1, 0.15) is 23.6 Å². The fraction of sp³-hybridized carbons (Fsp3) is 0.622. The standard InChI is InChI=1S/C37H41F5N6O3/c1-34(2,3)51-33(49)48-20-9-10-21(48)18-46(17-20)31-24-16-43-29(22-7-4-8-25-27(22)23-15-26(23)36(25,38)39)28(37(40,41)42)30(24)44-32(45-31)50-19-35-11-5-13-47(35)14-6-12-35/h4,7-8,16,20-21,23,26H,5-6,9-15,17-19H2,1-3H3. The van der Waals surface area contributed by atoms with E-state index in [0.717, 1.165) is 38.8 Å². The Kier molecular flexibility index (Phi) is 7.19. The second-order valence-corrected chi connectivity index (χ2v) is 16.3. The van der Waals surface area contributed by atoms with Crippen LogP contribution < -0.4 is 9.64 Å². The molecule has 1 amide bonds. The largest absolute Gasteiger partial charge is 0.461 e. The predicted octanol–water partition coefficient (Wildman–Crippen LogP) is 7.51. The van der Waals surface area contributed by atoms with Gasteiger partial charge in [-0.15, -0.1) is 0 Å². The van der Waals surface area contributed by atoms with E-state index in [9.17, 15) is 4.79 Å². The number of alkyl halides is 5. The topological polar surface area (TPSA) is 83.9 Å². The molecule has 0 spiro atoms. The van der Waals surface area contributed by atoms with E-state index in [1.54, 1.807) is 4.90 Å². The average molecular weight is 713 g/mol. The molecular weight excluding hydrogens is 671 g/mol. The highest BCUT2D eigenvalue weighted by Gasteiger charge is 2.64. The minimum absolute atomic E-state index is 0.0597. The number of halogens is 5. The van der Waals surface area contributed by atoms with E-state index < -0.39 is 46.9 Å². The van der Waals surface area contributed by atoms with Crippen LogP contribution in [-0.4, -0.2) is 86.9 Å². The van der Waals surface area contributed by atoms with E-state index in [1.807, 2.05) is 25.7 Å². The molecule has 51 heavy (non-hydrogen) atoms. The first-order valence-electron chi connectivity index (χ1n) is 18.1. The number of ether oxygens (including phenoxy) is 2. The van der Waals surface area contributed by atoms with Gasteiger partial charge in [0.15, 0.2) is 0 Å². The van der Waals surface area contributed by atoms with Crippen LogP contribution in [0.25, 0.3) is 22.2 Å². The molecule has 3 aromatic rings. The van der Waals surface area contributed by atoms with E-state index in [0.29, 0.717) is 25.9 Å². The summed E-state index contributed by atoms with van der Waals surface area (Å²) in [5.41, 5.74) is -2.69. The zero-order valence-corrected chi connectivity index (χ0v) is 28.9. The molecule has 14 heteroatoms. The fourth-order valence-corrected chi connectivity index (χ4v) is 9.76. The summed E-state index contributed by atoms with van der Waals surface area (Å²) in [6.07, 6.45) is 1.56. The van der Waals surface area contributed by atoms with Gasteiger partial charge in [0.05, 0.1) is 34.2 Å². The van der Waals surface area contributed by atoms with Gasteiger partial charge in [-0.2, -0.15) is 23.1 Å². The maximum Gasteiger partial charge on any atom is 0.420 e. The van der Waals surface area contributed by atoms with Crippen molar-refractivity contribution in [1.82, 2.24) is 24.8 Å². The minimum Gasteiger partial charge on any atom is -0.461 e. The third kappa shape index (κ3) is 5.24. The molecule has 0 radical (unpaired) electrons. The second kappa shape index (κ2) is 11.1. The van der Waals surface area contributed by atoms with Gasteiger partial charge in [-0.1, -0.05) is 18.2 Å². The average Bonchev–Trinajstić information content (AvgIpc) is 3.40. The minimum atomic E-state index is -4.93. The molecule has 1 aromatic carbocycles. The summed E-state index contributed by atoms with van der Waals surface area (Å²) >= 11 is 0. The summed E-state index contributed by atoms with van der Waals surface area (Å²) in [6.45, 7) is 8.24. The van der Waals surface area contributed by atoms with Gasteiger partial charge in [0, 0.05) is 36.3 Å². The first-order chi connectivity index (χ1) is 24.1. The first-order valence-corrected chi connectivity index (χ1v) is 18.1. The number of carbonyl (C=O) groups is 1. The van der Waals surface area contributed by atoms with Crippen molar-refractivity contribution >= 4 is 22.8 Å². The number of aromatic nitrogens is 3. The molecule has 272 valence electrons. The van der Waals surface area contributed by atoms with Gasteiger partial charge >= 0.3 is 18.3 Å². The normalized spacial score (nSPS) is 27.5. The molecule has 4 saturated heterocycles. The molecule has 1 saturated carbocycles. The Morgan fingerprint density at radius 2 is 1.73 bits per heavy atom. The number of rotatable bonds is 5. The zero-order chi connectivity index (χ0) is 35.7. The van der Waals surface area contributed by atoms with Crippen LogP contribution in [0, 0.1) is 5.92 Å². The maximum absolute atomic E-state index is 15.4. The van der Waals surface area contributed by atoms with Gasteiger partial charge in [-0.25, -0.2) is 13.6 Å². The smallest absolute Gasteiger partial charge is 0.420 e. The van der Waals surface area contributed by atoms with E-state index in [2.05, 4.69) is 14.9 Å². The Morgan fingerprint density at radius 1 is 1.02 bits per heavy atom. The quantitative estimate of drug-likeness (QED) is 0.252. The monoisotopic (exact) mass is 712 g/mol. The Hall–Kier alpha value is -3.81. The molecule has 4 atom stereocenters. The van der Waals surface area contributed by atoms with Crippen molar-refractivity contribution < 1.29 is 36.2 Å². The summed E-state index contributed by atoms with van der Waals surface area (Å²) in [4.78, 5) is 32.9. The number of piperazine rings is 1. The van der Waals surface area contributed by atoms with Crippen molar-refractivity contribution in [3.8, 4) is 17.3 Å². The summed E-state index contributed by atoms with van der Waals surface area (Å²) < 4.78 is 88.6. The molecule has 4 unspecified atom stereocenters. The van der Waals surface area contributed by atoms with Crippen LogP contribution in [-0.2, 0) is 16.8 Å². The lowest BCUT2D eigenvalue weighted by Crippen LogP contribution is -2.57. The van der Waals surface area contributed by atoms with Crippen LogP contribution in [0.5, 0.6) is 6.01 Å². The van der Waals surface area contributed by atoms with Gasteiger partial charge in [-0.05, 0) is 90.3 Å². The molecule has 4 aliphatic heterocycles. The maximum atomic E-state index is 15.4. The Labute approximate surface area is 292 Å². The first kappa shape index (κ1) is 33.1. The number of anilines is 1. The van der Waals surface area contributed by atoms with Crippen LogP contribution in [0.15, 0.2) is 24.4 Å². The number of hydrogen-bond donors (Lipinski definition) is 0. The summed E-state index contributed by atoms with van der Waals surface area (Å²) in [5, 5.41) is 0.0901. The number of amides is 1. The van der Waals surface area contributed by atoms with Crippen molar-refractivity contribution in [3.63, 3.8) is 0 Å². The van der Waals surface area contributed by atoms with E-state index >= 15 is 22.0 Å². The Morgan fingerprint density at radius 3 is 2.39 bits per heavy atom. The van der Waals surface area contributed by atoms with Crippen molar-refractivity contribution in [1.29, 1.82) is 0 Å². The molecule has 5 fully saturated rings. The highest BCUT2D eigenvalue weighted by atomic mass is 19.4. The number of hydrogen-bond acceptors (Lipinski definition) is 8. The lowest BCUT2D eigenvalue weighted by Gasteiger charge is -2.42. The lowest BCUT2D eigenvalue weighted by molar-refractivity contribution is -0.136. The van der Waals surface area contributed by atoms with Gasteiger partial charge in [0.2, 0.25) is 0 Å². The molecule has 6 heterocycles. The molecule has 2 aromatic heterocycles. The molecule has 2 aliphatic carbocycles. The third-order valence-corrected chi connectivity index (χ3v) is 12.0. The number of fused-ring (bicyclic) bond motifs is 7. The summed E-state index contributed by atoms with van der Waals surface area (Å²) in [5.74, 6) is -4.27. The highest BCUT2D eigenvalue weighted by molar-refractivity contribution is 5.95. The molecular formula is C37H41F5N6O3. The molecule has 2 bridgehead atoms. The van der Waals surface area contributed by atoms with Crippen molar-refractivity contribution in [2.45, 2.75) is 107 Å². The summed E-state index contributed by atoms with van der Waals surface area (Å²) in [6, 6.07) is 3.53. The van der Waals surface area contributed by atoms with Crippen LogP contribution in [0.3, 0.4) is 0 Å². The number of nitrogens with zero attached hydrogens (tertiary/aromatic N) is 6. The fourth-order valence-electron chi connectivity index (χ4n) is 9.76. The van der Waals surface area contributed by atoms with Gasteiger partial charge in [0.25, 0.3) is 5.92 Å². The SMILES string of the molecule is CC(C)(C)OC(=O)N1C2CCC1CN(c1nc(OCC34CCCN3CCC4)nc3c(C(F)(F)F)c(-c4cccc5c4C4CC4C5(F)F)ncc13)C2. The predicted molar refractivity (Wildman–Crippen MR) is 178 cm³/mol. The second-order valence-electron chi connectivity index (χ2n) is 16.3. The number of benzene rings is 1. The van der Waals surface area contributed by atoms with E-state index in [-0.39, 0.29) is 70.1 Å². The highest BCUT2D eigenvalue weighted by Crippen LogP contribution is 2.68. The van der Waals surface area contributed by atoms with Gasteiger partial charge in [-0.3, -0.25) is 14.8 Å². The van der Waals surface area contributed by atoms with E-state index in [4.69, 9.17) is 14.5 Å². The van der Waals surface area contributed by atoms with Crippen LogP contribution in [0.4, 0.5) is 32.6 Å². The Balaban J connectivity index is 1.16. The van der Waals surface area contributed by atoms with Crippen molar-refractivity contribution in [2.75, 3.05) is 37.7 Å². The zero-order valence-electron chi connectivity index (χ0n) is 28.9. The number of carbonyl (C=O) groups excluding carboxylic acids is 1. The third-order valence-electron chi connectivity index (χ3n) is 12.0. The molecule has 9 rings (SSSR count). The van der Waals surface area contributed by atoms with E-state index in [1.165, 1.54) is 24.4 Å². The Bertz CT molecular complexity index is 1910. The van der Waals surface area contributed by atoms with Crippen LogP contribution in [0.2, 0.25) is 0 Å². The molecule has 6 aliphatic rings. The van der Waals surface area contributed by atoms with Crippen molar-refractivity contribution in [2.24, 2.45) is 5.92 Å². The molecule has 9 nitrogen and oxygen atoms in total. The van der Waals surface area contributed by atoms with Crippen molar-refractivity contribution in [3.05, 3.63) is 41.1 Å². The lowest BCUT2D eigenvalue weighted by atomic mass is 9.93.